The molecule has 1 heterocycles. The molecule has 0 bridgehead atoms. The van der Waals surface area contributed by atoms with E-state index in [1.165, 1.54) is 4.90 Å². The number of halogens is 1. The van der Waals surface area contributed by atoms with Gasteiger partial charge in [0.1, 0.15) is 0 Å². The topological polar surface area (TPSA) is 6.48 Å². The number of piperazine rings is 1. The zero-order valence-electron chi connectivity index (χ0n) is 21.6. The summed E-state index contributed by atoms with van der Waals surface area (Å²) >= 11 is 5.94. The molecule has 2 nitrogen and oxygen atoms in total. The summed E-state index contributed by atoms with van der Waals surface area (Å²) in [5.41, 5.74) is -0.804. The van der Waals surface area contributed by atoms with Gasteiger partial charge >= 0.3 is 0 Å². The maximum absolute atomic E-state index is 9.44. The molecule has 2 aromatic rings. The fourth-order valence-electron chi connectivity index (χ4n) is 2.26. The molecule has 1 aliphatic heterocycles. The average molecular weight is 311 g/mol. The molecule has 3 heteroatoms. The quantitative estimate of drug-likeness (QED) is 0.853. The van der Waals surface area contributed by atoms with E-state index in [0.717, 1.165) is 0 Å². The van der Waals surface area contributed by atoms with Crippen molar-refractivity contribution in [1.29, 1.82) is 0 Å². The molecule has 21 heavy (non-hydrogen) atoms. The van der Waals surface area contributed by atoms with Gasteiger partial charge in [-0.25, -0.2) is 0 Å². The summed E-state index contributed by atoms with van der Waals surface area (Å²) in [5, 5.41) is -0.402. The van der Waals surface area contributed by atoms with Crippen LogP contribution in [0.3, 0.4) is 0 Å². The molecule has 1 saturated heterocycles. The second kappa shape index (κ2) is 6.61. The van der Waals surface area contributed by atoms with Gasteiger partial charge in [0, 0.05) is 31.2 Å². The van der Waals surface area contributed by atoms with Crippen molar-refractivity contribution in [3.8, 4) is 0 Å². The van der Waals surface area contributed by atoms with Crippen LogP contribution in [0.25, 0.3) is 0 Å². The molecule has 3 rings (SSSR count). The molecule has 1 fully saturated rings. The van der Waals surface area contributed by atoms with Crippen LogP contribution in [0.4, 0.5) is 0 Å². The van der Waals surface area contributed by atoms with Gasteiger partial charge in [0.15, 0.2) is 0 Å². The van der Waals surface area contributed by atoms with E-state index in [9.17, 15) is 1.37 Å². The van der Waals surface area contributed by atoms with Crippen molar-refractivity contribution in [1.82, 2.24) is 9.80 Å². The Morgan fingerprint density at radius 1 is 0.952 bits per heavy atom. The molecular formula is C18H21ClN2. The molecule has 1 unspecified atom stereocenters. The van der Waals surface area contributed by atoms with Crippen LogP contribution in [0.1, 0.15) is 30.9 Å². The summed E-state index contributed by atoms with van der Waals surface area (Å²) in [6, 6.07) is -7.63. The normalized spacial score (nSPS) is 26.8. The third kappa shape index (κ3) is 3.46. The highest BCUT2D eigenvalue weighted by Gasteiger charge is 2.25. The first-order valence-corrected chi connectivity index (χ1v) is 7.00. The first kappa shape index (κ1) is 6.82. The number of rotatable bonds is 3. The van der Waals surface area contributed by atoms with Gasteiger partial charge in [-0.3, -0.25) is 4.90 Å². The monoisotopic (exact) mass is 310 g/mol. The minimum atomic E-state index is -2.26. The number of likely N-dealkylation sites (N-methyl/N-ethyl adjacent to an activating group) is 1. The number of hydrogen-bond acceptors (Lipinski definition) is 2. The van der Waals surface area contributed by atoms with E-state index in [4.69, 9.17) is 23.9 Å². The highest BCUT2D eigenvalue weighted by Crippen LogP contribution is 2.30. The Morgan fingerprint density at radius 3 is 2.14 bits per heavy atom. The summed E-state index contributed by atoms with van der Waals surface area (Å²) in [6.07, 6.45) is 0. The zero-order chi connectivity index (χ0) is 23.4. The number of hydrogen-bond donors (Lipinski definition) is 0. The molecule has 0 N–H and O–H groups in total. The molecule has 1 atom stereocenters. The summed E-state index contributed by atoms with van der Waals surface area (Å²) in [5.74, 6) is 0. The molecule has 0 amide bonds. The lowest BCUT2D eigenvalue weighted by Crippen LogP contribution is -2.46. The largest absolute Gasteiger partial charge is 0.304 e. The van der Waals surface area contributed by atoms with Crippen molar-refractivity contribution in [3.63, 3.8) is 0 Å². The maximum Gasteiger partial charge on any atom is 0.0639 e. The van der Waals surface area contributed by atoms with Gasteiger partial charge < -0.3 is 4.90 Å². The smallest absolute Gasteiger partial charge is 0.0639 e. The lowest BCUT2D eigenvalue weighted by atomic mass is 9.96. The first-order chi connectivity index (χ1) is 14.3. The molecule has 0 saturated carbocycles. The Bertz CT molecular complexity index is 925. The fourth-order valence-corrected chi connectivity index (χ4v) is 2.35. The van der Waals surface area contributed by atoms with Crippen LogP contribution >= 0.6 is 11.6 Å². The molecule has 2 aromatic carbocycles. The predicted molar refractivity (Wildman–Crippen MR) is 88.8 cm³/mol. The van der Waals surface area contributed by atoms with Gasteiger partial charge in [-0.1, -0.05) is 53.9 Å². The van der Waals surface area contributed by atoms with Crippen molar-refractivity contribution in [2.45, 2.75) is 6.02 Å². The van der Waals surface area contributed by atoms with E-state index in [1.54, 1.807) is 0 Å². The van der Waals surface area contributed by atoms with Crippen LogP contribution in [-0.4, -0.2) is 43.0 Å². The van der Waals surface area contributed by atoms with Crippen LogP contribution in [-0.2, 0) is 0 Å². The minimum absolute atomic E-state index is 0.254. The molecule has 110 valence electrons. The third-order valence-electron chi connectivity index (χ3n) is 3.39. The molecule has 1 aliphatic rings. The molecule has 0 spiro atoms. The van der Waals surface area contributed by atoms with E-state index in [2.05, 4.69) is 0 Å². The molecule has 0 aromatic heterocycles. The van der Waals surface area contributed by atoms with Crippen LogP contribution in [0.15, 0.2) is 54.4 Å². The van der Waals surface area contributed by atoms with Gasteiger partial charge in [-0.05, 0) is 30.3 Å². The Hall–Kier alpha value is -1.35. The second-order valence-corrected chi connectivity index (χ2v) is 5.21. The number of nitrogens with zero attached hydrogens (tertiary/aromatic N) is 2. The number of benzene rings is 2. The van der Waals surface area contributed by atoms with Crippen LogP contribution in [0, 0.1) is 0 Å². The lowest BCUT2D eigenvalue weighted by Gasteiger charge is -2.38. The van der Waals surface area contributed by atoms with E-state index in [-0.39, 0.29) is 13.1 Å². The Labute approximate surface area is 146 Å². The highest BCUT2D eigenvalue weighted by molar-refractivity contribution is 6.30. The molecule has 0 aliphatic carbocycles. The van der Waals surface area contributed by atoms with E-state index in [0.29, 0.717) is 13.1 Å². The predicted octanol–water partition coefficient (Wildman–Crippen LogP) is 3.68. The maximum atomic E-state index is 9.44. The standard InChI is InChI=1S/C18H21ClN2/c1-20-11-13-21(14-12-20)18(15-5-3-2-4-6-15)16-7-9-17(19)10-8-16/h2-10,18H,11-14H2,1H3/i2D,3D,4D,5D,6D,7D,8D,9D,10D,18D. The van der Waals surface area contributed by atoms with Gasteiger partial charge in [-0.2, -0.15) is 0 Å². The van der Waals surface area contributed by atoms with Gasteiger partial charge in [0.05, 0.1) is 19.7 Å². The van der Waals surface area contributed by atoms with Crippen LogP contribution < -0.4 is 0 Å². The van der Waals surface area contributed by atoms with Crippen molar-refractivity contribution >= 4 is 11.6 Å². The zero-order valence-corrected chi connectivity index (χ0v) is 12.4. The second-order valence-electron chi connectivity index (χ2n) is 4.83. The summed E-state index contributed by atoms with van der Waals surface area (Å²) in [7, 11) is 1.88. The lowest BCUT2D eigenvalue weighted by molar-refractivity contribution is 0.127. The minimum Gasteiger partial charge on any atom is -0.304 e. The first-order valence-electron chi connectivity index (χ1n) is 11.6. The summed E-state index contributed by atoms with van der Waals surface area (Å²) in [6.45, 7) is 1.53. The van der Waals surface area contributed by atoms with Crippen LogP contribution in [0.5, 0.6) is 0 Å². The van der Waals surface area contributed by atoms with Gasteiger partial charge in [0.2, 0.25) is 0 Å². The molecule has 0 radical (unpaired) electrons. The third-order valence-corrected chi connectivity index (χ3v) is 3.58. The van der Waals surface area contributed by atoms with Crippen molar-refractivity contribution in [2.75, 3.05) is 33.2 Å². The van der Waals surface area contributed by atoms with Crippen molar-refractivity contribution < 1.29 is 13.7 Å². The van der Waals surface area contributed by atoms with Crippen LogP contribution in [0.2, 0.25) is 5.02 Å². The van der Waals surface area contributed by atoms with E-state index in [1.807, 2.05) is 11.9 Å². The average Bonchev–Trinajstić information content (AvgIpc) is 2.74. The van der Waals surface area contributed by atoms with E-state index >= 15 is 0 Å². The SMILES string of the molecule is [2H]c1c([2H])c([2H])c(C([2H])(c2c([2H])c([2H])c(Cl)c([2H])c2[2H])N2CCN(C)CC2)c([2H])c1[2H]. The van der Waals surface area contributed by atoms with Crippen molar-refractivity contribution in [3.05, 3.63) is 70.5 Å². The van der Waals surface area contributed by atoms with Crippen molar-refractivity contribution in [2.24, 2.45) is 0 Å². The molecular weight excluding hydrogens is 280 g/mol. The van der Waals surface area contributed by atoms with Gasteiger partial charge in [-0.15, -0.1) is 0 Å². The Kier molecular flexibility index (Phi) is 2.15. The Morgan fingerprint density at radius 2 is 1.52 bits per heavy atom. The van der Waals surface area contributed by atoms with E-state index < -0.39 is 76.5 Å². The Balaban J connectivity index is 2.46. The summed E-state index contributed by atoms with van der Waals surface area (Å²) < 4.78 is 83.3. The fraction of sp³-hybridized carbons (Fsp3) is 0.333. The highest BCUT2D eigenvalue weighted by atomic mass is 35.5. The van der Waals surface area contributed by atoms with Gasteiger partial charge in [0.25, 0.3) is 0 Å². The summed E-state index contributed by atoms with van der Waals surface area (Å²) in [4.78, 5) is 3.52.